The third-order valence-corrected chi connectivity index (χ3v) is 5.64. The van der Waals surface area contributed by atoms with Gasteiger partial charge in [0.15, 0.2) is 0 Å². The molecule has 0 radical (unpaired) electrons. The Labute approximate surface area is 161 Å². The van der Waals surface area contributed by atoms with Crippen LogP contribution < -0.4 is 5.73 Å². The number of H-pyrrole nitrogens is 1. The van der Waals surface area contributed by atoms with E-state index in [2.05, 4.69) is 17.6 Å². The molecule has 0 saturated heterocycles. The van der Waals surface area contributed by atoms with Crippen LogP contribution in [0.25, 0.3) is 16.5 Å². The highest BCUT2D eigenvalue weighted by molar-refractivity contribution is 6.10. The highest BCUT2D eigenvalue weighted by Gasteiger charge is 2.46. The van der Waals surface area contributed by atoms with E-state index in [1.807, 2.05) is 6.08 Å². The van der Waals surface area contributed by atoms with Gasteiger partial charge in [0, 0.05) is 35.1 Å². The molecule has 1 fully saturated rings. The third-order valence-electron chi connectivity index (χ3n) is 5.64. The summed E-state index contributed by atoms with van der Waals surface area (Å²) in [5.41, 5.74) is 7.28. The molecule has 7 heteroatoms. The van der Waals surface area contributed by atoms with Crippen molar-refractivity contribution in [2.24, 2.45) is 11.1 Å². The first-order valence-electron chi connectivity index (χ1n) is 8.98. The van der Waals surface area contributed by atoms with E-state index in [4.69, 9.17) is 5.73 Å². The summed E-state index contributed by atoms with van der Waals surface area (Å²) in [5, 5.41) is 9.97. The summed E-state index contributed by atoms with van der Waals surface area (Å²) in [6.45, 7) is 6.02. The van der Waals surface area contributed by atoms with Crippen LogP contribution in [-0.2, 0) is 4.79 Å². The second-order valence-electron chi connectivity index (χ2n) is 7.56. The van der Waals surface area contributed by atoms with Crippen LogP contribution in [0.15, 0.2) is 24.8 Å². The number of hydrogen-bond acceptors (Lipinski definition) is 3. The fraction of sp³-hybridized carbons (Fsp3) is 0.286. The number of amides is 2. The van der Waals surface area contributed by atoms with Gasteiger partial charge in [-0.25, -0.2) is 4.39 Å². The first-order valence-corrected chi connectivity index (χ1v) is 8.98. The summed E-state index contributed by atoms with van der Waals surface area (Å²) in [4.78, 5) is 28.7. The van der Waals surface area contributed by atoms with Gasteiger partial charge >= 0.3 is 0 Å². The highest BCUT2D eigenvalue weighted by atomic mass is 19.1. The van der Waals surface area contributed by atoms with Crippen molar-refractivity contribution < 1.29 is 14.0 Å². The van der Waals surface area contributed by atoms with Crippen LogP contribution in [0.1, 0.15) is 40.0 Å². The molecule has 1 aromatic heterocycles. The minimum atomic E-state index is -0.777. The molecule has 1 aliphatic carbocycles. The molecule has 3 N–H and O–H groups in total. The molecule has 4 rings (SSSR count). The largest absolute Gasteiger partial charge is 0.366 e. The molecule has 142 valence electrons. The summed E-state index contributed by atoms with van der Waals surface area (Å²) >= 11 is 0. The number of nitriles is 1. The monoisotopic (exact) mass is 378 g/mol. The normalized spacial score (nSPS) is 17.3. The van der Waals surface area contributed by atoms with E-state index in [0.717, 1.165) is 18.9 Å². The summed E-state index contributed by atoms with van der Waals surface area (Å²) in [5.74, 6) is -1.62. The number of nitrogens with zero attached hydrogens (tertiary/aromatic N) is 2. The molecule has 6 nitrogen and oxygen atoms in total. The number of aromatic amines is 1. The second kappa shape index (κ2) is 6.06. The maximum atomic E-state index is 15.2. The first-order chi connectivity index (χ1) is 13.3. The van der Waals surface area contributed by atoms with Gasteiger partial charge in [-0.15, -0.1) is 0 Å². The first kappa shape index (κ1) is 18.0. The van der Waals surface area contributed by atoms with Crippen LogP contribution in [0.2, 0.25) is 0 Å². The van der Waals surface area contributed by atoms with Crippen molar-refractivity contribution in [3.05, 3.63) is 53.0 Å². The van der Waals surface area contributed by atoms with Crippen molar-refractivity contribution in [2.45, 2.75) is 19.8 Å². The van der Waals surface area contributed by atoms with Crippen LogP contribution in [0, 0.1) is 29.5 Å². The maximum absolute atomic E-state index is 15.2. The Morgan fingerprint density at radius 2 is 2.18 bits per heavy atom. The number of carbonyl (C=O) groups is 2. The number of nitrogens with one attached hydrogen (secondary N) is 1. The zero-order valence-electron chi connectivity index (χ0n) is 15.4. The van der Waals surface area contributed by atoms with Gasteiger partial charge in [0.25, 0.3) is 5.91 Å². The lowest BCUT2D eigenvalue weighted by Gasteiger charge is -2.32. The van der Waals surface area contributed by atoms with Gasteiger partial charge in [0.05, 0.1) is 16.6 Å². The van der Waals surface area contributed by atoms with E-state index in [-0.39, 0.29) is 34.6 Å². The highest BCUT2D eigenvalue weighted by Crippen LogP contribution is 2.52. The van der Waals surface area contributed by atoms with E-state index < -0.39 is 11.7 Å². The van der Waals surface area contributed by atoms with Gasteiger partial charge in [-0.3, -0.25) is 9.59 Å². The lowest BCUT2D eigenvalue weighted by molar-refractivity contribution is -0.126. The predicted octanol–water partition coefficient (Wildman–Crippen LogP) is 2.78. The molecule has 1 aliphatic heterocycles. The Balaban J connectivity index is 2.00. The van der Waals surface area contributed by atoms with Gasteiger partial charge in [-0.05, 0) is 37.5 Å². The fourth-order valence-electron chi connectivity index (χ4n) is 4.12. The van der Waals surface area contributed by atoms with Crippen LogP contribution in [0.4, 0.5) is 4.39 Å². The number of nitrogens with two attached hydrogens (primary N) is 1. The topological polar surface area (TPSA) is 103 Å². The molecule has 1 spiro atoms. The Kier molecular flexibility index (Phi) is 3.89. The summed E-state index contributed by atoms with van der Waals surface area (Å²) in [6.07, 6.45) is 5.10. The van der Waals surface area contributed by atoms with Crippen LogP contribution >= 0.6 is 0 Å². The molecule has 1 saturated carbocycles. The van der Waals surface area contributed by atoms with Crippen molar-refractivity contribution >= 4 is 28.3 Å². The number of primary amides is 1. The number of hydrogen-bond donors (Lipinski definition) is 2. The van der Waals surface area contributed by atoms with E-state index in [1.165, 1.54) is 6.08 Å². The van der Waals surface area contributed by atoms with Crippen molar-refractivity contribution in [2.75, 3.05) is 13.1 Å². The number of carbonyl (C=O) groups excluding carboxylic acids is 2. The van der Waals surface area contributed by atoms with Crippen molar-refractivity contribution in [1.82, 2.24) is 9.88 Å². The second-order valence-corrected chi connectivity index (χ2v) is 7.56. The SMILES string of the molecule is C=CC(=O)N1CC(c2c(F)cc(C(N)=O)c3[nH]c(C)c(C#N)c23)=CC2(CC2)C1. The lowest BCUT2D eigenvalue weighted by Crippen LogP contribution is -2.39. The number of rotatable bonds is 3. The van der Waals surface area contributed by atoms with Gasteiger partial charge in [-0.1, -0.05) is 12.7 Å². The number of aromatic nitrogens is 1. The molecular weight excluding hydrogens is 359 g/mol. The quantitative estimate of drug-likeness (QED) is 0.803. The van der Waals surface area contributed by atoms with E-state index in [0.29, 0.717) is 28.7 Å². The average molecular weight is 378 g/mol. The molecule has 2 aromatic rings. The van der Waals surface area contributed by atoms with Crippen LogP contribution in [0.3, 0.4) is 0 Å². The van der Waals surface area contributed by atoms with Crippen LogP contribution in [-0.4, -0.2) is 34.8 Å². The van der Waals surface area contributed by atoms with E-state index in [9.17, 15) is 14.9 Å². The standard InChI is InChI=1S/C21H19FN4O2/c1-3-16(27)26-9-12(7-21(10-26)4-5-21)17-15(22)6-13(20(24)28)19-18(17)14(8-23)11(2)25-19/h3,6-7,25H,1,4-5,9-10H2,2H3,(H2,24,28). The zero-order chi connectivity index (χ0) is 20.2. The zero-order valence-corrected chi connectivity index (χ0v) is 15.4. The van der Waals surface area contributed by atoms with Crippen molar-refractivity contribution in [3.8, 4) is 6.07 Å². The molecule has 2 amide bonds. The van der Waals surface area contributed by atoms with Crippen molar-refractivity contribution in [1.29, 1.82) is 5.26 Å². The minimum Gasteiger partial charge on any atom is -0.366 e. The Morgan fingerprint density at radius 3 is 2.75 bits per heavy atom. The maximum Gasteiger partial charge on any atom is 0.250 e. The number of aryl methyl sites for hydroxylation is 1. The average Bonchev–Trinajstić information content (AvgIpc) is 3.31. The predicted molar refractivity (Wildman–Crippen MR) is 103 cm³/mol. The number of fused-ring (bicyclic) bond motifs is 1. The molecule has 2 heterocycles. The van der Waals surface area contributed by atoms with Gasteiger partial charge in [0.1, 0.15) is 11.9 Å². The number of benzene rings is 1. The summed E-state index contributed by atoms with van der Waals surface area (Å²) < 4.78 is 15.2. The van der Waals surface area contributed by atoms with Gasteiger partial charge in [-0.2, -0.15) is 5.26 Å². The molecule has 28 heavy (non-hydrogen) atoms. The Hall–Kier alpha value is -3.40. The summed E-state index contributed by atoms with van der Waals surface area (Å²) in [7, 11) is 0. The van der Waals surface area contributed by atoms with Crippen LogP contribution in [0.5, 0.6) is 0 Å². The summed E-state index contributed by atoms with van der Waals surface area (Å²) in [6, 6.07) is 3.20. The third kappa shape index (κ3) is 2.61. The molecule has 1 aromatic carbocycles. The smallest absolute Gasteiger partial charge is 0.250 e. The number of halogens is 1. The fourth-order valence-corrected chi connectivity index (χ4v) is 4.12. The van der Waals surface area contributed by atoms with E-state index >= 15 is 4.39 Å². The minimum absolute atomic E-state index is 0.00239. The van der Waals surface area contributed by atoms with Gasteiger partial charge in [0.2, 0.25) is 5.91 Å². The Bertz CT molecular complexity index is 1130. The molecule has 0 unspecified atom stereocenters. The Morgan fingerprint density at radius 1 is 1.46 bits per heavy atom. The van der Waals surface area contributed by atoms with Crippen molar-refractivity contribution in [3.63, 3.8) is 0 Å². The van der Waals surface area contributed by atoms with E-state index in [1.54, 1.807) is 11.8 Å². The molecule has 0 atom stereocenters. The van der Waals surface area contributed by atoms with Gasteiger partial charge < -0.3 is 15.6 Å². The molecular formula is C21H19FN4O2. The lowest BCUT2D eigenvalue weighted by atomic mass is 9.89. The molecule has 0 bridgehead atoms. The molecule has 2 aliphatic rings.